The van der Waals surface area contributed by atoms with Crippen LogP contribution in [0.15, 0.2) is 88.3 Å². The average Bonchev–Trinajstić information content (AvgIpc) is 2.79. The summed E-state index contributed by atoms with van der Waals surface area (Å²) in [5.41, 5.74) is 3.95. The van der Waals surface area contributed by atoms with Gasteiger partial charge in [-0.15, -0.1) is 0 Å². The third kappa shape index (κ3) is 5.69. The molecule has 0 bridgehead atoms. The Morgan fingerprint density at radius 2 is 1.79 bits per heavy atom. The molecule has 0 aliphatic heterocycles. The number of allylic oxidation sites excluding steroid dienone is 8. The Balaban J connectivity index is 2.77. The zero-order chi connectivity index (χ0) is 24.7. The van der Waals surface area contributed by atoms with E-state index in [2.05, 4.69) is 18.5 Å². The Morgan fingerprint density at radius 3 is 2.36 bits per heavy atom. The Kier molecular flexibility index (Phi) is 8.57. The number of aliphatic carboxylic acids is 1. The van der Waals surface area contributed by atoms with E-state index in [1.807, 2.05) is 45.1 Å². The van der Waals surface area contributed by atoms with Gasteiger partial charge in [-0.3, -0.25) is 4.79 Å². The van der Waals surface area contributed by atoms with Crippen molar-refractivity contribution in [1.29, 1.82) is 0 Å². The molecule has 0 saturated carbocycles. The molecule has 0 saturated heterocycles. The number of nitrogens with one attached hydrogen (secondary N) is 1. The van der Waals surface area contributed by atoms with Gasteiger partial charge < -0.3 is 14.8 Å². The van der Waals surface area contributed by atoms with Gasteiger partial charge in [0.25, 0.3) is 0 Å². The van der Waals surface area contributed by atoms with Gasteiger partial charge >= 0.3 is 5.97 Å². The van der Waals surface area contributed by atoms with Crippen LogP contribution in [0.4, 0.5) is 0 Å². The minimum absolute atomic E-state index is 0.0983. The summed E-state index contributed by atoms with van der Waals surface area (Å²) in [7, 11) is 0. The van der Waals surface area contributed by atoms with Gasteiger partial charge in [0.2, 0.25) is 0 Å². The first kappa shape index (κ1) is 25.4. The quantitative estimate of drug-likeness (QED) is 0.349. The smallest absolute Gasteiger partial charge is 0.333 e. The topological polar surface area (TPSA) is 79.5 Å². The molecular weight excluding hydrogens is 414 g/mol. The number of hydrogen-bond acceptors (Lipinski definition) is 4. The van der Waals surface area contributed by atoms with Gasteiger partial charge in [-0.2, -0.15) is 0 Å². The number of carbonyl (C=O) groups is 1. The van der Waals surface area contributed by atoms with Crippen LogP contribution in [0.25, 0.3) is 16.5 Å². The highest BCUT2D eigenvalue weighted by Gasteiger charge is 2.20. The first-order chi connectivity index (χ1) is 15.7. The van der Waals surface area contributed by atoms with Crippen LogP contribution in [-0.4, -0.2) is 11.1 Å². The summed E-state index contributed by atoms with van der Waals surface area (Å²) in [5, 5.41) is 13.2. The molecule has 1 aromatic carbocycles. The Hall–Kier alpha value is -3.86. The van der Waals surface area contributed by atoms with Crippen LogP contribution in [0.2, 0.25) is 0 Å². The molecule has 33 heavy (non-hydrogen) atoms. The van der Waals surface area contributed by atoms with Crippen LogP contribution in [0.5, 0.6) is 0 Å². The molecule has 1 aromatic heterocycles. The van der Waals surface area contributed by atoms with E-state index >= 15 is 0 Å². The normalized spacial score (nSPS) is 13.9. The lowest BCUT2D eigenvalue weighted by atomic mass is 9.98. The van der Waals surface area contributed by atoms with Crippen molar-refractivity contribution in [2.75, 3.05) is 0 Å². The molecule has 0 fully saturated rings. The van der Waals surface area contributed by atoms with Gasteiger partial charge in [-0.05, 0) is 52.3 Å². The monoisotopic (exact) mass is 445 g/mol. The number of carboxylic acids is 1. The van der Waals surface area contributed by atoms with Crippen LogP contribution in [0, 0.1) is 13.8 Å². The van der Waals surface area contributed by atoms with E-state index in [9.17, 15) is 14.7 Å². The van der Waals surface area contributed by atoms with E-state index in [1.54, 1.807) is 37.3 Å². The highest BCUT2D eigenvalue weighted by atomic mass is 16.4. The SMILES string of the molecule is C=C/C=C\C(NC(C)c1cc(C)cc2c(=O)c(C)c(C(/C=C\C=C)=C/C)oc12)=C(/C)C(=O)O. The summed E-state index contributed by atoms with van der Waals surface area (Å²) >= 11 is 0. The van der Waals surface area contributed by atoms with Gasteiger partial charge in [0.1, 0.15) is 11.3 Å². The second-order valence-electron chi connectivity index (χ2n) is 7.76. The Bertz CT molecular complexity index is 1270. The molecule has 1 unspecified atom stereocenters. The molecule has 1 atom stereocenters. The molecule has 5 heteroatoms. The van der Waals surface area contributed by atoms with Crippen LogP contribution >= 0.6 is 0 Å². The van der Waals surface area contributed by atoms with Crippen molar-refractivity contribution in [3.05, 3.63) is 112 Å². The van der Waals surface area contributed by atoms with Crippen LogP contribution in [0.3, 0.4) is 0 Å². The summed E-state index contributed by atoms with van der Waals surface area (Å²) in [6.07, 6.45) is 12.1. The second-order valence-corrected chi connectivity index (χ2v) is 7.76. The fraction of sp³-hybridized carbons (Fsp3) is 0.214. The van der Waals surface area contributed by atoms with E-state index in [0.29, 0.717) is 28.0 Å². The molecule has 172 valence electrons. The maximum atomic E-state index is 13.3. The highest BCUT2D eigenvalue weighted by Crippen LogP contribution is 2.30. The van der Waals surface area contributed by atoms with Gasteiger partial charge in [-0.1, -0.05) is 55.7 Å². The minimum atomic E-state index is -1.02. The highest BCUT2D eigenvalue weighted by molar-refractivity contribution is 5.87. The van der Waals surface area contributed by atoms with Gasteiger partial charge in [0.05, 0.1) is 17.0 Å². The predicted molar refractivity (Wildman–Crippen MR) is 136 cm³/mol. The summed E-state index contributed by atoms with van der Waals surface area (Å²) in [5.74, 6) is -0.530. The molecule has 2 rings (SSSR count). The fourth-order valence-electron chi connectivity index (χ4n) is 3.51. The largest absolute Gasteiger partial charge is 0.478 e. The minimum Gasteiger partial charge on any atom is -0.478 e. The molecular formula is C28H31NO4. The molecule has 0 radical (unpaired) electrons. The fourth-order valence-corrected chi connectivity index (χ4v) is 3.51. The van der Waals surface area contributed by atoms with Crippen LogP contribution in [0.1, 0.15) is 49.3 Å². The molecule has 2 aromatic rings. The first-order valence-corrected chi connectivity index (χ1v) is 10.7. The lowest BCUT2D eigenvalue weighted by Crippen LogP contribution is -2.21. The lowest BCUT2D eigenvalue weighted by Gasteiger charge is -2.20. The molecule has 0 aliphatic carbocycles. The molecule has 0 spiro atoms. The zero-order valence-electron chi connectivity index (χ0n) is 19.9. The predicted octanol–water partition coefficient (Wildman–Crippen LogP) is 6.31. The Morgan fingerprint density at radius 1 is 1.15 bits per heavy atom. The van der Waals surface area contributed by atoms with Crippen LogP contribution in [-0.2, 0) is 4.79 Å². The number of benzene rings is 1. The van der Waals surface area contributed by atoms with E-state index in [0.717, 1.165) is 16.7 Å². The van der Waals surface area contributed by atoms with Crippen molar-refractivity contribution in [3.8, 4) is 0 Å². The number of fused-ring (bicyclic) bond motifs is 1. The summed E-state index contributed by atoms with van der Waals surface area (Å²) in [6, 6.07) is 3.42. The van der Waals surface area contributed by atoms with Crippen LogP contribution < -0.4 is 10.7 Å². The van der Waals surface area contributed by atoms with E-state index in [1.165, 1.54) is 6.92 Å². The number of rotatable bonds is 9. The standard InChI is InChI=1S/C28H31NO4/c1-8-11-13-21(10-3)26-19(6)25(30)23-16-17(4)15-22(27(23)33-26)20(7)29-24(14-12-9-2)18(5)28(31)32/h8-16,20,29H,1-2H2,3-7H3,(H,31,32)/b13-11-,14-12-,21-10+,24-18-. The van der Waals surface area contributed by atoms with Crippen molar-refractivity contribution in [1.82, 2.24) is 5.32 Å². The first-order valence-electron chi connectivity index (χ1n) is 10.7. The molecule has 2 N–H and O–H groups in total. The van der Waals surface area contributed by atoms with Crippen molar-refractivity contribution in [2.45, 2.75) is 40.7 Å². The number of hydrogen-bond donors (Lipinski definition) is 2. The van der Waals surface area contributed by atoms with Crippen molar-refractivity contribution in [2.24, 2.45) is 0 Å². The van der Waals surface area contributed by atoms with E-state index in [-0.39, 0.29) is 17.0 Å². The van der Waals surface area contributed by atoms with Gasteiger partial charge in [0, 0.05) is 22.4 Å². The maximum Gasteiger partial charge on any atom is 0.333 e. The lowest BCUT2D eigenvalue weighted by molar-refractivity contribution is -0.132. The van der Waals surface area contributed by atoms with E-state index < -0.39 is 5.97 Å². The van der Waals surface area contributed by atoms with Crippen molar-refractivity contribution >= 4 is 22.5 Å². The maximum absolute atomic E-state index is 13.3. The molecule has 1 heterocycles. The Labute approximate surface area is 194 Å². The number of carboxylic acid groups (broad SMARTS) is 1. The molecule has 0 amide bonds. The summed E-state index contributed by atoms with van der Waals surface area (Å²) in [4.78, 5) is 24.8. The summed E-state index contributed by atoms with van der Waals surface area (Å²) < 4.78 is 6.34. The average molecular weight is 446 g/mol. The molecule has 5 nitrogen and oxygen atoms in total. The number of aryl methyl sites for hydroxylation is 1. The molecule has 0 aliphatic rings. The van der Waals surface area contributed by atoms with E-state index in [4.69, 9.17) is 4.42 Å². The third-order valence-corrected chi connectivity index (χ3v) is 5.34. The third-order valence-electron chi connectivity index (χ3n) is 5.34. The van der Waals surface area contributed by atoms with Gasteiger partial charge in [0.15, 0.2) is 5.43 Å². The zero-order valence-corrected chi connectivity index (χ0v) is 19.9. The van der Waals surface area contributed by atoms with Gasteiger partial charge in [-0.25, -0.2) is 4.79 Å². The second kappa shape index (κ2) is 11.1. The summed E-state index contributed by atoms with van der Waals surface area (Å²) in [6.45, 7) is 16.3. The van der Waals surface area contributed by atoms with Crippen molar-refractivity contribution in [3.63, 3.8) is 0 Å². The van der Waals surface area contributed by atoms with Crippen molar-refractivity contribution < 1.29 is 14.3 Å².